The molecule has 0 spiro atoms. The SMILES string of the molecule is Cc1cc(CC2CCN(C(=O)c3c(C)noc3C)C2)ccc1F. The van der Waals surface area contributed by atoms with E-state index in [0.717, 1.165) is 31.5 Å². The number of amides is 1. The Balaban J connectivity index is 1.66. The molecule has 2 heterocycles. The Labute approximate surface area is 135 Å². The van der Waals surface area contributed by atoms with Gasteiger partial charge in [-0.25, -0.2) is 4.39 Å². The number of aromatic nitrogens is 1. The van der Waals surface area contributed by atoms with E-state index in [1.165, 1.54) is 6.07 Å². The van der Waals surface area contributed by atoms with Crippen LogP contribution in [0.4, 0.5) is 4.39 Å². The highest BCUT2D eigenvalue weighted by molar-refractivity contribution is 5.96. The molecule has 0 bridgehead atoms. The summed E-state index contributed by atoms with van der Waals surface area (Å²) >= 11 is 0. The highest BCUT2D eigenvalue weighted by Crippen LogP contribution is 2.25. The highest BCUT2D eigenvalue weighted by atomic mass is 19.1. The molecule has 23 heavy (non-hydrogen) atoms. The molecule has 1 aromatic heterocycles. The summed E-state index contributed by atoms with van der Waals surface area (Å²) in [6, 6.07) is 5.25. The standard InChI is InChI=1S/C18H21FN2O2/c1-11-8-14(4-5-16(11)19)9-15-6-7-21(10-15)18(22)17-12(2)20-23-13(17)3/h4-5,8,15H,6-7,9-10H2,1-3H3. The quantitative estimate of drug-likeness (QED) is 0.871. The van der Waals surface area contributed by atoms with Crippen LogP contribution in [-0.2, 0) is 6.42 Å². The fourth-order valence-corrected chi connectivity index (χ4v) is 3.30. The molecule has 4 nitrogen and oxygen atoms in total. The molecule has 1 amide bonds. The lowest BCUT2D eigenvalue weighted by molar-refractivity contribution is 0.0784. The second-order valence-electron chi connectivity index (χ2n) is 6.39. The van der Waals surface area contributed by atoms with Gasteiger partial charge in [-0.2, -0.15) is 0 Å². The zero-order valence-electron chi connectivity index (χ0n) is 13.7. The average Bonchev–Trinajstić information content (AvgIpc) is 3.10. The zero-order chi connectivity index (χ0) is 16.6. The smallest absolute Gasteiger partial charge is 0.259 e. The van der Waals surface area contributed by atoms with Crippen molar-refractivity contribution in [2.24, 2.45) is 5.92 Å². The third-order valence-electron chi connectivity index (χ3n) is 4.57. The summed E-state index contributed by atoms with van der Waals surface area (Å²) in [6.07, 6.45) is 1.83. The predicted molar refractivity (Wildman–Crippen MR) is 84.8 cm³/mol. The number of carbonyl (C=O) groups excluding carboxylic acids is 1. The van der Waals surface area contributed by atoms with Gasteiger partial charge < -0.3 is 9.42 Å². The Morgan fingerprint density at radius 1 is 1.39 bits per heavy atom. The molecule has 2 aromatic rings. The van der Waals surface area contributed by atoms with Crippen LogP contribution in [0.15, 0.2) is 22.7 Å². The van der Waals surface area contributed by atoms with E-state index in [1.807, 2.05) is 17.0 Å². The van der Waals surface area contributed by atoms with Crippen molar-refractivity contribution >= 4 is 5.91 Å². The number of likely N-dealkylation sites (tertiary alicyclic amines) is 1. The Kier molecular flexibility index (Phi) is 4.20. The fraction of sp³-hybridized carbons (Fsp3) is 0.444. The Morgan fingerprint density at radius 3 is 2.83 bits per heavy atom. The van der Waals surface area contributed by atoms with E-state index in [-0.39, 0.29) is 11.7 Å². The molecule has 1 unspecified atom stereocenters. The second-order valence-corrected chi connectivity index (χ2v) is 6.39. The fourth-order valence-electron chi connectivity index (χ4n) is 3.30. The van der Waals surface area contributed by atoms with Crippen LogP contribution in [0.1, 0.15) is 39.4 Å². The molecule has 1 aliphatic rings. The van der Waals surface area contributed by atoms with Gasteiger partial charge in [0.25, 0.3) is 5.91 Å². The number of hydrogen-bond acceptors (Lipinski definition) is 3. The largest absolute Gasteiger partial charge is 0.361 e. The highest BCUT2D eigenvalue weighted by Gasteiger charge is 2.30. The van der Waals surface area contributed by atoms with E-state index in [1.54, 1.807) is 20.8 Å². The Hall–Kier alpha value is -2.17. The summed E-state index contributed by atoms with van der Waals surface area (Å²) in [4.78, 5) is 14.5. The number of aryl methyl sites for hydroxylation is 3. The number of carbonyl (C=O) groups is 1. The number of nitrogens with zero attached hydrogens (tertiary/aromatic N) is 2. The predicted octanol–water partition coefficient (Wildman–Crippen LogP) is 3.44. The lowest BCUT2D eigenvalue weighted by Gasteiger charge is -2.16. The van der Waals surface area contributed by atoms with Crippen LogP contribution >= 0.6 is 0 Å². The summed E-state index contributed by atoms with van der Waals surface area (Å²) in [6.45, 7) is 6.80. The number of halogens is 1. The summed E-state index contributed by atoms with van der Waals surface area (Å²) in [5.41, 5.74) is 3.03. The first-order valence-corrected chi connectivity index (χ1v) is 7.93. The molecule has 0 saturated carbocycles. The third kappa shape index (κ3) is 3.14. The Morgan fingerprint density at radius 2 is 2.17 bits per heavy atom. The van der Waals surface area contributed by atoms with Crippen molar-refractivity contribution in [3.8, 4) is 0 Å². The molecule has 3 rings (SSSR count). The van der Waals surface area contributed by atoms with Gasteiger partial charge in [0.15, 0.2) is 0 Å². The van der Waals surface area contributed by atoms with Crippen LogP contribution in [0.2, 0.25) is 0 Å². The number of rotatable bonds is 3. The van der Waals surface area contributed by atoms with Crippen molar-refractivity contribution in [2.45, 2.75) is 33.6 Å². The molecule has 1 aliphatic heterocycles. The van der Waals surface area contributed by atoms with Gasteiger partial charge in [0, 0.05) is 13.1 Å². The van der Waals surface area contributed by atoms with Crippen LogP contribution in [-0.4, -0.2) is 29.1 Å². The molecule has 0 radical (unpaired) electrons. The van der Waals surface area contributed by atoms with Crippen molar-refractivity contribution in [1.29, 1.82) is 0 Å². The van der Waals surface area contributed by atoms with Crippen LogP contribution < -0.4 is 0 Å². The normalized spacial score (nSPS) is 17.7. The van der Waals surface area contributed by atoms with Gasteiger partial charge in [-0.3, -0.25) is 4.79 Å². The first-order valence-electron chi connectivity index (χ1n) is 7.93. The molecule has 0 aliphatic carbocycles. The van der Waals surface area contributed by atoms with E-state index >= 15 is 0 Å². The van der Waals surface area contributed by atoms with E-state index in [0.29, 0.717) is 28.5 Å². The van der Waals surface area contributed by atoms with E-state index in [2.05, 4.69) is 5.16 Å². The molecule has 1 aromatic carbocycles. The monoisotopic (exact) mass is 316 g/mol. The lowest BCUT2D eigenvalue weighted by atomic mass is 9.97. The maximum Gasteiger partial charge on any atom is 0.259 e. The molecule has 0 N–H and O–H groups in total. The second kappa shape index (κ2) is 6.14. The van der Waals surface area contributed by atoms with Crippen molar-refractivity contribution in [2.75, 3.05) is 13.1 Å². The minimum atomic E-state index is -0.171. The Bertz CT molecular complexity index is 719. The van der Waals surface area contributed by atoms with Gasteiger partial charge in [-0.05, 0) is 56.7 Å². The van der Waals surface area contributed by atoms with Gasteiger partial charge in [-0.1, -0.05) is 17.3 Å². The molecule has 122 valence electrons. The molecular formula is C18H21FN2O2. The molecule has 5 heteroatoms. The topological polar surface area (TPSA) is 46.3 Å². The average molecular weight is 316 g/mol. The van der Waals surface area contributed by atoms with E-state index in [9.17, 15) is 9.18 Å². The van der Waals surface area contributed by atoms with Crippen molar-refractivity contribution in [3.05, 3.63) is 52.2 Å². The summed E-state index contributed by atoms with van der Waals surface area (Å²) < 4.78 is 18.4. The molecule has 1 fully saturated rings. The summed E-state index contributed by atoms with van der Waals surface area (Å²) in [5.74, 6) is 0.809. The minimum Gasteiger partial charge on any atom is -0.361 e. The maximum atomic E-state index is 13.3. The van der Waals surface area contributed by atoms with Crippen molar-refractivity contribution in [3.63, 3.8) is 0 Å². The van der Waals surface area contributed by atoms with Gasteiger partial charge in [-0.15, -0.1) is 0 Å². The first-order chi connectivity index (χ1) is 11.0. The van der Waals surface area contributed by atoms with Gasteiger partial charge in [0.2, 0.25) is 0 Å². The van der Waals surface area contributed by atoms with E-state index < -0.39 is 0 Å². The van der Waals surface area contributed by atoms with Crippen LogP contribution in [0.25, 0.3) is 0 Å². The number of benzene rings is 1. The van der Waals surface area contributed by atoms with Gasteiger partial charge in [0.05, 0.1) is 5.69 Å². The van der Waals surface area contributed by atoms with Crippen LogP contribution in [0.5, 0.6) is 0 Å². The first kappa shape index (κ1) is 15.7. The van der Waals surface area contributed by atoms with Crippen molar-refractivity contribution < 1.29 is 13.7 Å². The van der Waals surface area contributed by atoms with Gasteiger partial charge in [0.1, 0.15) is 17.1 Å². The maximum absolute atomic E-state index is 13.3. The molecular weight excluding hydrogens is 295 g/mol. The summed E-state index contributed by atoms with van der Waals surface area (Å²) in [7, 11) is 0. The van der Waals surface area contributed by atoms with E-state index in [4.69, 9.17) is 4.52 Å². The van der Waals surface area contributed by atoms with Crippen LogP contribution in [0, 0.1) is 32.5 Å². The number of hydrogen-bond donors (Lipinski definition) is 0. The summed E-state index contributed by atoms with van der Waals surface area (Å²) in [5, 5.41) is 3.86. The zero-order valence-corrected chi connectivity index (χ0v) is 13.7. The third-order valence-corrected chi connectivity index (χ3v) is 4.57. The van der Waals surface area contributed by atoms with Crippen molar-refractivity contribution in [1.82, 2.24) is 10.1 Å². The van der Waals surface area contributed by atoms with Crippen LogP contribution in [0.3, 0.4) is 0 Å². The minimum absolute atomic E-state index is 0.000892. The molecule has 1 saturated heterocycles. The lowest BCUT2D eigenvalue weighted by Crippen LogP contribution is -2.29. The van der Waals surface area contributed by atoms with Gasteiger partial charge >= 0.3 is 0 Å². The molecule has 1 atom stereocenters.